The number of aliphatic hydroxyl groups is 2. The van der Waals surface area contributed by atoms with Crippen LogP contribution in [0.25, 0.3) is 0 Å². The summed E-state index contributed by atoms with van der Waals surface area (Å²) in [7, 11) is 0. The number of allylic oxidation sites excluding steroid dienone is 1. The molecule has 0 bridgehead atoms. The molecule has 4 N–H and O–H groups in total. The topological polar surface area (TPSA) is 104 Å². The molecule has 47 heavy (non-hydrogen) atoms. The zero-order valence-corrected chi connectivity index (χ0v) is 28.8. The van der Waals surface area contributed by atoms with Gasteiger partial charge in [-0.15, -0.1) is 4.99 Å². The number of benzene rings is 1. The molecule has 5 atom stereocenters. The number of aliphatic hydroxyl groups excluding tert-OH is 2. The molecular formula is C40H58N2O5. The van der Waals surface area contributed by atoms with Crippen molar-refractivity contribution in [2.75, 3.05) is 26.3 Å². The van der Waals surface area contributed by atoms with E-state index < -0.39 is 0 Å². The van der Waals surface area contributed by atoms with Gasteiger partial charge in [0.1, 0.15) is 12.2 Å². The molecule has 0 saturated heterocycles. The number of aryl methyl sites for hydroxylation is 1. The van der Waals surface area contributed by atoms with Gasteiger partial charge in [-0.25, -0.2) is 0 Å². The summed E-state index contributed by atoms with van der Waals surface area (Å²) >= 11 is 0. The van der Waals surface area contributed by atoms with Gasteiger partial charge in [0.2, 0.25) is 0 Å². The lowest BCUT2D eigenvalue weighted by Crippen LogP contribution is -2.36. The van der Waals surface area contributed by atoms with Crippen molar-refractivity contribution in [3.63, 3.8) is 0 Å². The van der Waals surface area contributed by atoms with Gasteiger partial charge in [-0.2, -0.15) is 12.0 Å². The molecule has 0 aromatic heterocycles. The number of hydrogen-bond acceptors (Lipinski definition) is 7. The highest BCUT2D eigenvalue weighted by Crippen LogP contribution is 2.52. The smallest absolute Gasteiger partial charge is 0.189 e. The number of aromatic hydroxyl groups is 1. The van der Waals surface area contributed by atoms with E-state index in [0.29, 0.717) is 30.7 Å². The maximum atomic E-state index is 10.9. The van der Waals surface area contributed by atoms with Crippen LogP contribution < -0.4 is 10.1 Å². The summed E-state index contributed by atoms with van der Waals surface area (Å²) in [6, 6.07) is 6.90. The van der Waals surface area contributed by atoms with Crippen molar-refractivity contribution in [3.8, 4) is 11.5 Å². The predicted molar refractivity (Wildman–Crippen MR) is 187 cm³/mol. The molecule has 2 heterocycles. The average Bonchev–Trinajstić information content (AvgIpc) is 3.81. The number of phenolic OH excluding ortho intramolecular Hbond substituents is 1. The fourth-order valence-corrected chi connectivity index (χ4v) is 9.00. The Bertz CT molecular complexity index is 1280. The van der Waals surface area contributed by atoms with Gasteiger partial charge in [-0.1, -0.05) is 70.1 Å². The fourth-order valence-electron chi connectivity index (χ4n) is 9.00. The SMILES string of the molecule is CCCCC1OC(CCc2ccc(O)c(OCC3([C+]4C=C5C(=N4)CC[C@H]4CCC[C@@H]4[C@@H]5CNC[C@H](C)O)CCCCC3)c2)=C[C-]1CO. The van der Waals surface area contributed by atoms with Crippen molar-refractivity contribution in [2.45, 2.75) is 122 Å². The molecular weight excluding hydrogens is 588 g/mol. The summed E-state index contributed by atoms with van der Waals surface area (Å²) < 4.78 is 12.8. The Morgan fingerprint density at radius 2 is 2.00 bits per heavy atom. The van der Waals surface area contributed by atoms with E-state index in [0.717, 1.165) is 93.9 Å². The Labute approximate surface area is 282 Å². The molecule has 2 aliphatic heterocycles. The van der Waals surface area contributed by atoms with Gasteiger partial charge < -0.3 is 30.1 Å². The second-order valence-electron chi connectivity index (χ2n) is 15.1. The van der Waals surface area contributed by atoms with Gasteiger partial charge in [-0.3, -0.25) is 0 Å². The number of nitrogens with zero attached hydrogens (tertiary/aromatic N) is 1. The van der Waals surface area contributed by atoms with E-state index in [1.807, 2.05) is 25.1 Å². The maximum absolute atomic E-state index is 10.9. The van der Waals surface area contributed by atoms with Crippen molar-refractivity contribution < 1.29 is 24.8 Å². The van der Waals surface area contributed by atoms with E-state index in [2.05, 4.69) is 18.3 Å². The van der Waals surface area contributed by atoms with Crippen molar-refractivity contribution >= 4 is 5.71 Å². The zero-order valence-electron chi connectivity index (χ0n) is 28.8. The van der Waals surface area contributed by atoms with Gasteiger partial charge >= 0.3 is 0 Å². The summed E-state index contributed by atoms with van der Waals surface area (Å²) in [4.78, 5) is 5.43. The number of fused-ring (bicyclic) bond motifs is 2. The number of nitrogens with one attached hydrogen (secondary N) is 1. The number of aliphatic imine (C=N–C) groups is 1. The van der Waals surface area contributed by atoms with Crippen LogP contribution in [0.1, 0.15) is 109 Å². The van der Waals surface area contributed by atoms with Crippen LogP contribution in [0, 0.1) is 35.1 Å². The first-order valence-electron chi connectivity index (χ1n) is 18.7. The molecule has 3 saturated carbocycles. The van der Waals surface area contributed by atoms with Crippen molar-refractivity contribution in [1.82, 2.24) is 5.32 Å². The van der Waals surface area contributed by atoms with Gasteiger partial charge in [0, 0.05) is 32.2 Å². The van der Waals surface area contributed by atoms with E-state index in [1.165, 1.54) is 49.4 Å². The quantitative estimate of drug-likeness (QED) is 0.148. The van der Waals surface area contributed by atoms with E-state index in [1.54, 1.807) is 6.07 Å². The van der Waals surface area contributed by atoms with Crippen LogP contribution >= 0.6 is 0 Å². The Kier molecular flexibility index (Phi) is 11.5. The van der Waals surface area contributed by atoms with Crippen LogP contribution in [0.5, 0.6) is 11.5 Å². The van der Waals surface area contributed by atoms with Crippen LogP contribution in [0.2, 0.25) is 0 Å². The predicted octanol–water partition coefficient (Wildman–Crippen LogP) is 7.40. The van der Waals surface area contributed by atoms with E-state index >= 15 is 0 Å². The molecule has 0 radical (unpaired) electrons. The second kappa shape index (κ2) is 15.7. The summed E-state index contributed by atoms with van der Waals surface area (Å²) in [5.41, 5.74) is 3.66. The van der Waals surface area contributed by atoms with Crippen molar-refractivity contribution in [2.24, 2.45) is 28.2 Å². The Hall–Kier alpha value is -2.61. The number of ether oxygens (including phenoxy) is 2. The molecule has 1 aromatic rings. The van der Waals surface area contributed by atoms with Gasteiger partial charge in [0.15, 0.2) is 23.3 Å². The van der Waals surface area contributed by atoms with Gasteiger partial charge in [0.25, 0.3) is 0 Å². The number of phenols is 1. The van der Waals surface area contributed by atoms with Gasteiger partial charge in [-0.05, 0) is 75.0 Å². The Balaban J connectivity index is 1.15. The zero-order chi connectivity index (χ0) is 32.8. The first kappa shape index (κ1) is 34.3. The molecule has 1 aromatic carbocycles. The monoisotopic (exact) mass is 646 g/mol. The van der Waals surface area contributed by atoms with Crippen LogP contribution in [0.4, 0.5) is 0 Å². The summed E-state index contributed by atoms with van der Waals surface area (Å²) in [6.07, 6.45) is 20.7. The standard InChI is InChI=1S/C40H58N2O5/c1-3-4-11-37-30(25-43)21-31(47-37)15-12-28-13-17-36(45)38(20-28)46-26-40(18-6-5-7-19-40)39-22-33-34(24-41-23-27(2)44)32-10-8-9-29(32)14-16-35(33)42-39/h13,17,20-22,27,29,32,34,37,41,43-45H,3-12,14-16,18-19,23-26H2,1-2H3/t27-,29+,32-,34-,37?/m0/s1. The molecule has 3 aliphatic carbocycles. The summed E-state index contributed by atoms with van der Waals surface area (Å²) in [6.45, 7) is 6.10. The number of hydrogen-bond donors (Lipinski definition) is 4. The highest BCUT2D eigenvalue weighted by Gasteiger charge is 2.52. The van der Waals surface area contributed by atoms with Crippen LogP contribution in [0.15, 0.2) is 46.7 Å². The normalized spacial score (nSPS) is 27.4. The van der Waals surface area contributed by atoms with Gasteiger partial charge in [0.05, 0.1) is 23.5 Å². The fraction of sp³-hybridized carbons (Fsp3) is 0.675. The minimum atomic E-state index is -0.348. The minimum Gasteiger partial charge on any atom is -0.592 e. The largest absolute Gasteiger partial charge is 0.592 e. The molecule has 6 rings (SSSR count). The lowest BCUT2D eigenvalue weighted by Gasteiger charge is -2.35. The third-order valence-electron chi connectivity index (χ3n) is 11.7. The molecule has 7 nitrogen and oxygen atoms in total. The molecule has 3 fully saturated rings. The first-order chi connectivity index (χ1) is 22.9. The highest BCUT2D eigenvalue weighted by molar-refractivity contribution is 6.04. The van der Waals surface area contributed by atoms with E-state index in [4.69, 9.17) is 14.5 Å². The molecule has 1 unspecified atom stereocenters. The van der Waals surface area contributed by atoms with E-state index in [-0.39, 0.29) is 30.0 Å². The van der Waals surface area contributed by atoms with Crippen LogP contribution in [-0.4, -0.2) is 59.5 Å². The Morgan fingerprint density at radius 3 is 2.79 bits per heavy atom. The average molecular weight is 647 g/mol. The van der Waals surface area contributed by atoms with E-state index in [9.17, 15) is 15.3 Å². The first-order valence-corrected chi connectivity index (χ1v) is 18.7. The molecule has 258 valence electrons. The van der Waals surface area contributed by atoms with Crippen molar-refractivity contribution in [1.29, 1.82) is 0 Å². The Morgan fingerprint density at radius 1 is 1.15 bits per heavy atom. The minimum absolute atomic E-state index is 0.00411. The lowest BCUT2D eigenvalue weighted by molar-refractivity contribution is 0.113. The molecule has 0 spiro atoms. The van der Waals surface area contributed by atoms with Crippen molar-refractivity contribution in [3.05, 3.63) is 59.2 Å². The second-order valence-corrected chi connectivity index (χ2v) is 15.1. The maximum Gasteiger partial charge on any atom is 0.189 e. The molecule has 7 heteroatoms. The molecule has 0 amide bonds. The summed E-state index contributed by atoms with van der Waals surface area (Å²) in [5.74, 6) is 4.53. The number of unbranched alkanes of at least 4 members (excludes halogenated alkanes) is 1. The number of rotatable bonds is 15. The summed E-state index contributed by atoms with van der Waals surface area (Å²) in [5, 5.41) is 34.2. The highest BCUT2D eigenvalue weighted by atomic mass is 16.5. The van der Waals surface area contributed by atoms with Crippen LogP contribution in [-0.2, 0) is 11.2 Å². The third-order valence-corrected chi connectivity index (χ3v) is 11.7. The molecule has 5 aliphatic rings. The lowest BCUT2D eigenvalue weighted by atomic mass is 9.69. The van der Waals surface area contributed by atoms with Crippen LogP contribution in [0.3, 0.4) is 0 Å². The third kappa shape index (κ3) is 8.00.